The Morgan fingerprint density at radius 2 is 2.07 bits per heavy atom. The number of hydrogen-bond donors (Lipinski definition) is 2. The van der Waals surface area contributed by atoms with E-state index >= 15 is 0 Å². The third-order valence-corrected chi connectivity index (χ3v) is 4.72. The van der Waals surface area contributed by atoms with Gasteiger partial charge in [-0.3, -0.25) is 4.99 Å². The van der Waals surface area contributed by atoms with E-state index in [4.69, 9.17) is 16.6 Å². The Hall–Kier alpha value is -1.54. The molecular weight excluding hydrogens is 473 g/mol. The van der Waals surface area contributed by atoms with Crippen LogP contribution < -0.4 is 15.5 Å². The zero-order chi connectivity index (χ0) is 18.2. The molecule has 146 valence electrons. The minimum Gasteiger partial charge on any atom is -0.357 e. The van der Waals surface area contributed by atoms with E-state index in [2.05, 4.69) is 51.7 Å². The Morgan fingerprint density at radius 3 is 2.81 bits per heavy atom. The lowest BCUT2D eigenvalue weighted by Crippen LogP contribution is -2.44. The summed E-state index contributed by atoms with van der Waals surface area (Å²) in [5.41, 5.74) is 1.31. The molecule has 5 nitrogen and oxygen atoms in total. The normalized spacial score (nSPS) is 16.7. The zero-order valence-corrected chi connectivity index (χ0v) is 18.7. The maximum Gasteiger partial charge on any atom is 0.191 e. The van der Waals surface area contributed by atoms with Crippen LogP contribution in [-0.4, -0.2) is 43.2 Å². The number of aliphatic imine (C=N–C) groups is 1. The van der Waals surface area contributed by atoms with Crippen molar-refractivity contribution in [2.45, 2.75) is 25.8 Å². The van der Waals surface area contributed by atoms with Crippen molar-refractivity contribution >= 4 is 47.4 Å². The van der Waals surface area contributed by atoms with Crippen LogP contribution in [0.1, 0.15) is 18.9 Å². The van der Waals surface area contributed by atoms with Crippen LogP contribution in [0.25, 0.3) is 0 Å². The molecule has 0 saturated carbocycles. The lowest BCUT2D eigenvalue weighted by Gasteiger charge is -2.20. The van der Waals surface area contributed by atoms with Gasteiger partial charge in [-0.15, -0.1) is 24.0 Å². The van der Waals surface area contributed by atoms with Crippen LogP contribution >= 0.6 is 35.6 Å². The van der Waals surface area contributed by atoms with Crippen LogP contribution in [0.2, 0.25) is 5.02 Å². The number of nitrogens with one attached hydrogen (secondary N) is 2. The maximum atomic E-state index is 6.27. The Labute approximate surface area is 183 Å². The molecule has 0 radical (unpaired) electrons. The van der Waals surface area contributed by atoms with Crippen LogP contribution in [0.3, 0.4) is 0 Å². The highest BCUT2D eigenvalue weighted by atomic mass is 127. The lowest BCUT2D eigenvalue weighted by atomic mass is 10.2. The standard InChI is InChI=1S/C20H26ClN5.HI/c1-2-22-20(24-13-10-16-7-4-3-5-8-16)25-17-11-14-26(15-17)19-18(21)9-6-12-23-19;/h3-9,12,17H,2,10-11,13-15H2,1H3,(H2,22,24,25);1H. The molecule has 0 amide bonds. The first-order chi connectivity index (χ1) is 12.8. The van der Waals surface area contributed by atoms with Crippen LogP contribution in [-0.2, 0) is 6.42 Å². The molecule has 1 fully saturated rings. The molecule has 2 aromatic rings. The third-order valence-electron chi connectivity index (χ3n) is 4.43. The number of guanidine groups is 1. The second-order valence-corrected chi connectivity index (χ2v) is 6.79. The summed E-state index contributed by atoms with van der Waals surface area (Å²) < 4.78 is 0. The number of rotatable bonds is 6. The molecule has 2 heterocycles. The van der Waals surface area contributed by atoms with Crippen molar-refractivity contribution in [1.29, 1.82) is 0 Å². The minimum absolute atomic E-state index is 0. The monoisotopic (exact) mass is 499 g/mol. The Kier molecular flexibility index (Phi) is 9.14. The molecule has 7 heteroatoms. The summed E-state index contributed by atoms with van der Waals surface area (Å²) in [6.45, 7) is 5.52. The van der Waals surface area contributed by atoms with Gasteiger partial charge in [-0.25, -0.2) is 4.98 Å². The van der Waals surface area contributed by atoms with Gasteiger partial charge in [-0.2, -0.15) is 0 Å². The number of aromatic nitrogens is 1. The summed E-state index contributed by atoms with van der Waals surface area (Å²) >= 11 is 6.27. The molecule has 27 heavy (non-hydrogen) atoms. The van der Waals surface area contributed by atoms with E-state index in [1.807, 2.05) is 18.2 Å². The van der Waals surface area contributed by atoms with E-state index in [0.717, 1.165) is 50.8 Å². The fourth-order valence-electron chi connectivity index (χ4n) is 3.14. The Balaban J connectivity index is 0.00000261. The average Bonchev–Trinajstić information content (AvgIpc) is 3.11. The molecule has 1 atom stereocenters. The summed E-state index contributed by atoms with van der Waals surface area (Å²) in [5, 5.41) is 7.59. The average molecular weight is 500 g/mol. The minimum atomic E-state index is 0. The van der Waals surface area contributed by atoms with Gasteiger partial charge in [0.25, 0.3) is 0 Å². The predicted molar refractivity (Wildman–Crippen MR) is 125 cm³/mol. The summed E-state index contributed by atoms with van der Waals surface area (Å²) in [4.78, 5) is 11.4. The number of anilines is 1. The van der Waals surface area contributed by atoms with E-state index in [1.165, 1.54) is 5.56 Å². The van der Waals surface area contributed by atoms with Gasteiger partial charge < -0.3 is 15.5 Å². The molecule has 1 aliphatic rings. The van der Waals surface area contributed by atoms with Crippen molar-refractivity contribution in [3.63, 3.8) is 0 Å². The Bertz CT molecular complexity index is 725. The van der Waals surface area contributed by atoms with Gasteiger partial charge in [0.2, 0.25) is 0 Å². The second-order valence-electron chi connectivity index (χ2n) is 6.38. The quantitative estimate of drug-likeness (QED) is 0.361. The van der Waals surface area contributed by atoms with Crippen LogP contribution in [0.15, 0.2) is 53.7 Å². The van der Waals surface area contributed by atoms with Crippen LogP contribution in [0.4, 0.5) is 5.82 Å². The SMILES string of the molecule is CCNC(=NCCc1ccccc1)NC1CCN(c2ncccc2Cl)C1.I. The first-order valence-electron chi connectivity index (χ1n) is 9.20. The number of nitrogens with zero attached hydrogens (tertiary/aromatic N) is 3. The van der Waals surface area contributed by atoms with E-state index in [-0.39, 0.29) is 24.0 Å². The molecule has 1 aliphatic heterocycles. The van der Waals surface area contributed by atoms with E-state index < -0.39 is 0 Å². The van der Waals surface area contributed by atoms with Gasteiger partial charge in [0.1, 0.15) is 5.82 Å². The Morgan fingerprint density at radius 1 is 1.26 bits per heavy atom. The fraction of sp³-hybridized carbons (Fsp3) is 0.400. The van der Waals surface area contributed by atoms with Crippen LogP contribution in [0.5, 0.6) is 0 Å². The highest BCUT2D eigenvalue weighted by Crippen LogP contribution is 2.25. The molecule has 1 unspecified atom stereocenters. The topological polar surface area (TPSA) is 52.6 Å². The molecule has 1 aromatic carbocycles. The molecular formula is C20H27ClIN5. The molecule has 2 N–H and O–H groups in total. The van der Waals surface area contributed by atoms with Gasteiger partial charge in [-0.1, -0.05) is 41.9 Å². The van der Waals surface area contributed by atoms with Crippen molar-refractivity contribution < 1.29 is 0 Å². The first-order valence-corrected chi connectivity index (χ1v) is 9.58. The van der Waals surface area contributed by atoms with Crippen molar-refractivity contribution in [3.8, 4) is 0 Å². The maximum absolute atomic E-state index is 6.27. The van der Waals surface area contributed by atoms with Gasteiger partial charge in [-0.05, 0) is 37.5 Å². The van der Waals surface area contributed by atoms with E-state index in [0.29, 0.717) is 11.1 Å². The van der Waals surface area contributed by atoms with Crippen molar-refractivity contribution in [1.82, 2.24) is 15.6 Å². The fourth-order valence-corrected chi connectivity index (χ4v) is 3.38. The highest BCUT2D eigenvalue weighted by Gasteiger charge is 2.25. The van der Waals surface area contributed by atoms with Crippen molar-refractivity contribution in [2.24, 2.45) is 4.99 Å². The molecule has 0 bridgehead atoms. The number of benzene rings is 1. The molecule has 0 aliphatic carbocycles. The second kappa shape index (κ2) is 11.3. The van der Waals surface area contributed by atoms with Crippen LogP contribution in [0, 0.1) is 0 Å². The summed E-state index contributed by atoms with van der Waals surface area (Å²) in [6, 6.07) is 14.5. The molecule has 1 aromatic heterocycles. The zero-order valence-electron chi connectivity index (χ0n) is 15.6. The van der Waals surface area contributed by atoms with E-state index in [1.54, 1.807) is 6.20 Å². The number of hydrogen-bond acceptors (Lipinski definition) is 3. The van der Waals surface area contributed by atoms with Crippen molar-refractivity contribution in [3.05, 3.63) is 59.2 Å². The number of pyridine rings is 1. The summed E-state index contributed by atoms with van der Waals surface area (Å²) in [5.74, 6) is 1.74. The van der Waals surface area contributed by atoms with Crippen molar-refractivity contribution in [2.75, 3.05) is 31.1 Å². The van der Waals surface area contributed by atoms with E-state index in [9.17, 15) is 0 Å². The lowest BCUT2D eigenvalue weighted by molar-refractivity contribution is 0.648. The van der Waals surface area contributed by atoms with Gasteiger partial charge in [0.15, 0.2) is 5.96 Å². The molecule has 0 spiro atoms. The smallest absolute Gasteiger partial charge is 0.191 e. The summed E-state index contributed by atoms with van der Waals surface area (Å²) in [6.07, 6.45) is 3.77. The van der Waals surface area contributed by atoms with Gasteiger partial charge >= 0.3 is 0 Å². The largest absolute Gasteiger partial charge is 0.357 e. The number of halogens is 2. The first kappa shape index (κ1) is 21.8. The summed E-state index contributed by atoms with van der Waals surface area (Å²) in [7, 11) is 0. The molecule has 1 saturated heterocycles. The predicted octanol–water partition coefficient (Wildman–Crippen LogP) is 3.73. The molecule has 3 rings (SSSR count). The van der Waals surface area contributed by atoms with Gasteiger partial charge in [0, 0.05) is 38.4 Å². The van der Waals surface area contributed by atoms with Gasteiger partial charge in [0.05, 0.1) is 5.02 Å². The third kappa shape index (κ3) is 6.53. The highest BCUT2D eigenvalue weighted by molar-refractivity contribution is 14.0.